The van der Waals surface area contributed by atoms with Crippen molar-refractivity contribution in [1.29, 1.82) is 0 Å². The smallest absolute Gasteiger partial charge is 0.417 e. The quantitative estimate of drug-likeness (QED) is 0.652. The first-order chi connectivity index (χ1) is 16.1. The number of rotatable bonds is 6. The maximum Gasteiger partial charge on any atom is 0.417 e. The van der Waals surface area contributed by atoms with E-state index in [1.807, 2.05) is 0 Å². The topological polar surface area (TPSA) is 88.6 Å². The molecule has 1 saturated carbocycles. The summed E-state index contributed by atoms with van der Waals surface area (Å²) in [6, 6.07) is 8.04. The lowest BCUT2D eigenvalue weighted by atomic mass is 9.92. The lowest BCUT2D eigenvalue weighted by Crippen LogP contribution is -2.39. The van der Waals surface area contributed by atoms with Crippen molar-refractivity contribution >= 4 is 15.9 Å². The minimum Gasteiger partial charge on any atom is -0.474 e. The van der Waals surface area contributed by atoms with Crippen LogP contribution in [-0.4, -0.2) is 48.8 Å². The van der Waals surface area contributed by atoms with Gasteiger partial charge in [0.15, 0.2) is 0 Å². The summed E-state index contributed by atoms with van der Waals surface area (Å²) in [5, 5.41) is 2.96. The molecule has 0 unspecified atom stereocenters. The van der Waals surface area contributed by atoms with E-state index in [0.717, 1.165) is 25.1 Å². The van der Waals surface area contributed by atoms with E-state index < -0.39 is 21.8 Å². The van der Waals surface area contributed by atoms with Gasteiger partial charge in [-0.1, -0.05) is 0 Å². The average Bonchev–Trinajstić information content (AvgIpc) is 3.36. The van der Waals surface area contributed by atoms with Crippen LogP contribution in [0.25, 0.3) is 0 Å². The molecular formula is C23H26F3N3O4S. The highest BCUT2D eigenvalue weighted by Crippen LogP contribution is 2.30. The molecule has 184 valence electrons. The Bertz CT molecular complexity index is 1090. The van der Waals surface area contributed by atoms with Crippen LogP contribution in [0.2, 0.25) is 0 Å². The fourth-order valence-electron chi connectivity index (χ4n) is 4.24. The zero-order valence-corrected chi connectivity index (χ0v) is 19.2. The van der Waals surface area contributed by atoms with Crippen LogP contribution >= 0.6 is 0 Å². The Morgan fingerprint density at radius 3 is 2.21 bits per heavy atom. The number of amides is 1. The molecule has 7 nitrogen and oxygen atoms in total. The van der Waals surface area contributed by atoms with Gasteiger partial charge in [0.1, 0.15) is 6.10 Å². The van der Waals surface area contributed by atoms with E-state index in [2.05, 4.69) is 10.3 Å². The average molecular weight is 498 g/mol. The van der Waals surface area contributed by atoms with Crippen LogP contribution in [0.1, 0.15) is 54.4 Å². The number of benzene rings is 1. The van der Waals surface area contributed by atoms with Crippen molar-refractivity contribution in [3.05, 3.63) is 53.7 Å². The molecule has 1 aromatic heterocycles. The molecule has 0 spiro atoms. The first-order valence-corrected chi connectivity index (χ1v) is 12.7. The molecule has 1 saturated heterocycles. The molecule has 34 heavy (non-hydrogen) atoms. The van der Waals surface area contributed by atoms with E-state index in [-0.39, 0.29) is 28.8 Å². The monoisotopic (exact) mass is 497 g/mol. The van der Waals surface area contributed by atoms with Crippen LogP contribution < -0.4 is 10.1 Å². The maximum absolute atomic E-state index is 12.6. The molecule has 1 aliphatic carbocycles. The first kappa shape index (κ1) is 24.5. The van der Waals surface area contributed by atoms with E-state index in [9.17, 15) is 26.4 Å². The summed E-state index contributed by atoms with van der Waals surface area (Å²) in [5.74, 6) is -0.136. The van der Waals surface area contributed by atoms with E-state index in [4.69, 9.17) is 4.74 Å². The van der Waals surface area contributed by atoms with Gasteiger partial charge in [-0.2, -0.15) is 17.5 Å². The first-order valence-electron chi connectivity index (χ1n) is 11.2. The van der Waals surface area contributed by atoms with Crippen LogP contribution in [0.3, 0.4) is 0 Å². The Labute approximate surface area is 196 Å². The number of nitrogens with zero attached hydrogens (tertiary/aromatic N) is 2. The van der Waals surface area contributed by atoms with E-state index in [0.29, 0.717) is 44.3 Å². The fraction of sp³-hybridized carbons (Fsp3) is 0.478. The standard InChI is InChI=1S/C23H26F3N3O4S/c24-23(25,26)17-5-12-21(27-15-17)33-19-8-6-18(7-9-19)28-22(30)16-3-10-20(11-4-16)34(31,32)29-13-1-2-14-29/h3-5,10-12,15,18-19H,1-2,6-9,13-14H2,(H,28,30). The predicted octanol–water partition coefficient (Wildman–Crippen LogP) is 4.00. The molecule has 0 radical (unpaired) electrons. The molecule has 4 rings (SSSR count). The van der Waals surface area contributed by atoms with Crippen molar-refractivity contribution < 1.29 is 31.1 Å². The zero-order valence-electron chi connectivity index (χ0n) is 18.4. The van der Waals surface area contributed by atoms with Gasteiger partial charge >= 0.3 is 6.18 Å². The third-order valence-corrected chi connectivity index (χ3v) is 8.09. The lowest BCUT2D eigenvalue weighted by molar-refractivity contribution is -0.137. The van der Waals surface area contributed by atoms with Gasteiger partial charge in [-0.25, -0.2) is 13.4 Å². The van der Waals surface area contributed by atoms with E-state index in [1.54, 1.807) is 0 Å². The largest absolute Gasteiger partial charge is 0.474 e. The summed E-state index contributed by atoms with van der Waals surface area (Å²) in [4.78, 5) is 16.5. The third-order valence-electron chi connectivity index (χ3n) is 6.18. The molecule has 2 aromatic rings. The van der Waals surface area contributed by atoms with Crippen molar-refractivity contribution in [2.75, 3.05) is 13.1 Å². The van der Waals surface area contributed by atoms with Crippen LogP contribution in [0, 0.1) is 0 Å². The summed E-state index contributed by atoms with van der Waals surface area (Å²) in [6.07, 6.45) is 0.389. The highest BCUT2D eigenvalue weighted by atomic mass is 32.2. The molecule has 0 atom stereocenters. The van der Waals surface area contributed by atoms with Crippen LogP contribution in [0.4, 0.5) is 13.2 Å². The van der Waals surface area contributed by atoms with Crippen molar-refractivity contribution in [3.8, 4) is 5.88 Å². The van der Waals surface area contributed by atoms with Crippen molar-refractivity contribution in [3.63, 3.8) is 0 Å². The highest BCUT2D eigenvalue weighted by molar-refractivity contribution is 7.89. The van der Waals surface area contributed by atoms with Gasteiger partial charge in [-0.3, -0.25) is 4.79 Å². The van der Waals surface area contributed by atoms with Crippen LogP contribution in [0.5, 0.6) is 5.88 Å². The highest BCUT2D eigenvalue weighted by Gasteiger charge is 2.31. The van der Waals surface area contributed by atoms with Crippen LogP contribution in [0.15, 0.2) is 47.5 Å². The Kier molecular flexibility index (Phi) is 7.13. The van der Waals surface area contributed by atoms with Gasteiger partial charge in [0, 0.05) is 37.0 Å². The molecule has 1 aromatic carbocycles. The molecule has 1 aliphatic heterocycles. The van der Waals surface area contributed by atoms with Gasteiger partial charge < -0.3 is 10.1 Å². The second-order valence-corrected chi connectivity index (χ2v) is 10.5. The van der Waals surface area contributed by atoms with Gasteiger partial charge in [0.2, 0.25) is 15.9 Å². The number of ether oxygens (including phenoxy) is 1. The Balaban J connectivity index is 1.26. The number of alkyl halides is 3. The number of carbonyl (C=O) groups excluding carboxylic acids is 1. The van der Waals surface area contributed by atoms with Crippen molar-refractivity contribution in [2.45, 2.75) is 61.7 Å². The fourth-order valence-corrected chi connectivity index (χ4v) is 5.76. The SMILES string of the molecule is O=C(NC1CCC(Oc2ccc(C(F)(F)F)cn2)CC1)c1ccc(S(=O)(=O)N2CCCC2)cc1. The lowest BCUT2D eigenvalue weighted by Gasteiger charge is -2.29. The Morgan fingerprint density at radius 1 is 1.00 bits per heavy atom. The molecule has 11 heteroatoms. The molecule has 2 fully saturated rings. The molecular weight excluding hydrogens is 471 g/mol. The molecule has 2 aliphatic rings. The van der Waals surface area contributed by atoms with Crippen molar-refractivity contribution in [1.82, 2.24) is 14.6 Å². The number of halogens is 3. The summed E-state index contributed by atoms with van der Waals surface area (Å²) < 4.78 is 70.3. The summed E-state index contributed by atoms with van der Waals surface area (Å²) in [7, 11) is -3.52. The summed E-state index contributed by atoms with van der Waals surface area (Å²) in [6.45, 7) is 1.04. The zero-order chi connectivity index (χ0) is 24.3. The number of nitrogens with one attached hydrogen (secondary N) is 1. The molecule has 1 N–H and O–H groups in total. The van der Waals surface area contributed by atoms with Gasteiger partial charge in [-0.05, 0) is 68.9 Å². The predicted molar refractivity (Wildman–Crippen MR) is 118 cm³/mol. The van der Waals surface area contributed by atoms with Gasteiger partial charge in [0.05, 0.1) is 10.5 Å². The van der Waals surface area contributed by atoms with Gasteiger partial charge in [0.25, 0.3) is 5.91 Å². The minimum atomic E-state index is -4.44. The Morgan fingerprint density at radius 2 is 1.65 bits per heavy atom. The number of hydrogen-bond acceptors (Lipinski definition) is 5. The van der Waals surface area contributed by atoms with Crippen molar-refractivity contribution in [2.24, 2.45) is 0 Å². The van der Waals surface area contributed by atoms with Gasteiger partial charge in [-0.15, -0.1) is 0 Å². The normalized spacial score (nSPS) is 21.9. The van der Waals surface area contributed by atoms with E-state index in [1.165, 1.54) is 34.6 Å². The molecule has 2 heterocycles. The van der Waals surface area contributed by atoms with E-state index >= 15 is 0 Å². The second-order valence-electron chi connectivity index (χ2n) is 8.58. The third kappa shape index (κ3) is 5.69. The molecule has 0 bridgehead atoms. The second kappa shape index (κ2) is 9.91. The maximum atomic E-state index is 12.6. The Hall–Kier alpha value is -2.66. The number of carbonyl (C=O) groups is 1. The summed E-state index contributed by atoms with van der Waals surface area (Å²) >= 11 is 0. The van der Waals surface area contributed by atoms with Crippen LogP contribution in [-0.2, 0) is 16.2 Å². The number of pyridine rings is 1. The number of hydrogen-bond donors (Lipinski definition) is 1. The summed E-state index contributed by atoms with van der Waals surface area (Å²) in [5.41, 5.74) is -0.444. The number of aromatic nitrogens is 1. The molecule has 1 amide bonds. The number of sulfonamides is 1. The minimum absolute atomic E-state index is 0.0686.